The topological polar surface area (TPSA) is 9.23 Å². The van der Waals surface area contributed by atoms with Crippen LogP contribution in [0, 0.1) is 0 Å². The molecule has 0 fully saturated rings. The van der Waals surface area contributed by atoms with Crippen molar-refractivity contribution in [2.75, 3.05) is 0 Å². The summed E-state index contributed by atoms with van der Waals surface area (Å²) in [7, 11) is -3.44. The fourth-order valence-electron chi connectivity index (χ4n) is 3.74. The third kappa shape index (κ3) is 1.92. The second-order valence-corrected chi connectivity index (χ2v) is 15.0. The van der Waals surface area contributed by atoms with Crippen LogP contribution in [-0.4, -0.2) is 16.6 Å². The minimum absolute atomic E-state index is 1.32. The number of hydrogen-bond acceptors (Lipinski definition) is 1. The van der Waals surface area contributed by atoms with Crippen LogP contribution in [0.3, 0.4) is 0 Å². The summed E-state index contributed by atoms with van der Waals surface area (Å²) in [6.45, 7) is 9.34. The monoisotopic (exact) mass is 308 g/mol. The Labute approximate surface area is 127 Å². The molecule has 1 heterocycles. The molecule has 1 aliphatic rings. The molecule has 0 saturated carbocycles. The number of hydrogen-bond donors (Lipinski definition) is 0. The van der Waals surface area contributed by atoms with Gasteiger partial charge in [-0.05, 0) is 70.2 Å². The van der Waals surface area contributed by atoms with E-state index in [0.29, 0.717) is 0 Å². The molecule has 0 unspecified atom stereocenters. The Balaban J connectivity index is 2.09. The molecule has 1 nitrogen and oxygen atoms in total. The lowest BCUT2D eigenvalue weighted by molar-refractivity contribution is 0.583. The first-order chi connectivity index (χ1) is 9.87. The zero-order valence-electron chi connectivity index (χ0n) is 13.0. The first kappa shape index (κ1) is 13.3. The van der Waals surface area contributed by atoms with Crippen molar-refractivity contribution in [2.45, 2.75) is 26.2 Å². The molecule has 0 spiro atoms. The molecule has 0 radical (unpaired) electrons. The molecule has 3 aromatic carbocycles. The molecule has 0 N–H and O–H groups in total. The van der Waals surface area contributed by atoms with E-state index < -0.39 is 16.6 Å². The fraction of sp³-hybridized carbons (Fsp3) is 0.222. The number of rotatable bonds is 0. The van der Waals surface area contributed by atoms with E-state index in [4.69, 9.17) is 4.12 Å². The summed E-state index contributed by atoms with van der Waals surface area (Å²) in [4.78, 5) is 0. The minimum atomic E-state index is -1.72. The summed E-state index contributed by atoms with van der Waals surface area (Å²) in [6.07, 6.45) is 0. The molecule has 3 heteroatoms. The molecule has 0 amide bonds. The normalized spacial score (nSPS) is 19.0. The van der Waals surface area contributed by atoms with E-state index in [1.54, 1.807) is 0 Å². The zero-order valence-corrected chi connectivity index (χ0v) is 15.0. The lowest BCUT2D eigenvalue weighted by Gasteiger charge is -2.22. The van der Waals surface area contributed by atoms with Gasteiger partial charge in [-0.25, -0.2) is 0 Å². The van der Waals surface area contributed by atoms with Gasteiger partial charge in [0.1, 0.15) is 0 Å². The molecule has 106 valence electrons. The lowest BCUT2D eigenvalue weighted by Crippen LogP contribution is -2.43. The fourth-order valence-corrected chi connectivity index (χ4v) is 14.0. The van der Waals surface area contributed by atoms with Gasteiger partial charge < -0.3 is 4.12 Å². The highest BCUT2D eigenvalue weighted by Gasteiger charge is 2.46. The molecule has 21 heavy (non-hydrogen) atoms. The molecule has 4 rings (SSSR count). The van der Waals surface area contributed by atoms with E-state index in [9.17, 15) is 0 Å². The Morgan fingerprint density at radius 3 is 1.48 bits per heavy atom. The van der Waals surface area contributed by atoms with Gasteiger partial charge in [0.05, 0.1) is 0 Å². The van der Waals surface area contributed by atoms with Crippen LogP contribution in [0.1, 0.15) is 0 Å². The van der Waals surface area contributed by atoms with E-state index in [0.717, 1.165) is 0 Å². The highest BCUT2D eigenvalue weighted by Crippen LogP contribution is 2.27. The first-order valence-corrected chi connectivity index (χ1v) is 13.4. The average Bonchev–Trinajstić information content (AvgIpc) is 2.59. The van der Waals surface area contributed by atoms with Crippen LogP contribution in [0.25, 0.3) is 21.5 Å². The van der Waals surface area contributed by atoms with Crippen LogP contribution in [0.2, 0.25) is 26.2 Å². The van der Waals surface area contributed by atoms with Crippen LogP contribution in [-0.2, 0) is 4.12 Å². The molecule has 0 bridgehead atoms. The van der Waals surface area contributed by atoms with Gasteiger partial charge >= 0.3 is 0 Å². The average molecular weight is 309 g/mol. The Morgan fingerprint density at radius 2 is 1.05 bits per heavy atom. The molecular weight excluding hydrogens is 288 g/mol. The SMILES string of the molecule is C[Si]1(C)O[Si](C)(C)c2cc3cc4ccccc4cc3cc21. The highest BCUT2D eigenvalue weighted by atomic mass is 28.4. The van der Waals surface area contributed by atoms with Crippen molar-refractivity contribution in [2.24, 2.45) is 0 Å². The highest BCUT2D eigenvalue weighted by molar-refractivity contribution is 7.06. The molecule has 0 saturated heterocycles. The third-order valence-corrected chi connectivity index (χ3v) is 12.4. The molecular formula is C18H20OSi2. The third-order valence-electron chi connectivity index (χ3n) is 4.65. The van der Waals surface area contributed by atoms with Crippen molar-refractivity contribution in [1.82, 2.24) is 0 Å². The van der Waals surface area contributed by atoms with E-state index in [-0.39, 0.29) is 0 Å². The second kappa shape index (κ2) is 4.06. The van der Waals surface area contributed by atoms with Crippen molar-refractivity contribution in [3.63, 3.8) is 0 Å². The van der Waals surface area contributed by atoms with Crippen LogP contribution in [0.5, 0.6) is 0 Å². The quantitative estimate of drug-likeness (QED) is 0.453. The Bertz CT molecular complexity index is 809. The predicted molar refractivity (Wildman–Crippen MR) is 96.8 cm³/mol. The van der Waals surface area contributed by atoms with Crippen molar-refractivity contribution < 1.29 is 4.12 Å². The van der Waals surface area contributed by atoms with Gasteiger partial charge in [0.25, 0.3) is 0 Å². The van der Waals surface area contributed by atoms with Gasteiger partial charge in [-0.2, -0.15) is 0 Å². The summed E-state index contributed by atoms with van der Waals surface area (Å²) in [5.41, 5.74) is 0. The summed E-state index contributed by atoms with van der Waals surface area (Å²) >= 11 is 0. The van der Waals surface area contributed by atoms with Crippen molar-refractivity contribution in [1.29, 1.82) is 0 Å². The Morgan fingerprint density at radius 1 is 0.619 bits per heavy atom. The maximum absolute atomic E-state index is 6.55. The van der Waals surface area contributed by atoms with Crippen LogP contribution >= 0.6 is 0 Å². The van der Waals surface area contributed by atoms with E-state index >= 15 is 0 Å². The Kier molecular flexibility index (Phi) is 2.56. The van der Waals surface area contributed by atoms with Crippen LogP contribution < -0.4 is 10.4 Å². The van der Waals surface area contributed by atoms with Crippen molar-refractivity contribution in [3.05, 3.63) is 48.5 Å². The molecule has 1 aliphatic heterocycles. The largest absolute Gasteiger partial charge is 0.449 e. The van der Waals surface area contributed by atoms with Crippen molar-refractivity contribution >= 4 is 48.6 Å². The summed E-state index contributed by atoms with van der Waals surface area (Å²) in [6, 6.07) is 18.1. The Hall–Kier alpha value is -1.43. The predicted octanol–water partition coefficient (Wildman–Crippen LogP) is 3.85. The molecule has 0 atom stereocenters. The minimum Gasteiger partial charge on any atom is -0.449 e. The summed E-state index contributed by atoms with van der Waals surface area (Å²) < 4.78 is 6.55. The summed E-state index contributed by atoms with van der Waals surface area (Å²) in [5, 5.41) is 8.37. The van der Waals surface area contributed by atoms with Crippen LogP contribution in [0.4, 0.5) is 0 Å². The first-order valence-electron chi connectivity index (χ1n) is 7.54. The zero-order chi connectivity index (χ0) is 14.8. The number of benzene rings is 3. The van der Waals surface area contributed by atoms with E-state index in [1.807, 2.05) is 0 Å². The smallest absolute Gasteiger partial charge is 0.206 e. The molecule has 0 aromatic heterocycles. The maximum Gasteiger partial charge on any atom is 0.206 e. The van der Waals surface area contributed by atoms with Gasteiger partial charge in [-0.1, -0.05) is 36.4 Å². The van der Waals surface area contributed by atoms with Gasteiger partial charge in [0.15, 0.2) is 0 Å². The van der Waals surface area contributed by atoms with Crippen molar-refractivity contribution in [3.8, 4) is 0 Å². The lowest BCUT2D eigenvalue weighted by atomic mass is 10.0. The standard InChI is InChI=1S/C18H20OSi2/c1-20(2)17-11-15-9-13-7-5-6-8-14(13)10-16(15)12-18(17)21(3,4)19-20/h5-12H,1-4H3. The number of fused-ring (bicyclic) bond motifs is 3. The second-order valence-electron chi connectivity index (χ2n) is 7.07. The van der Waals surface area contributed by atoms with E-state index in [1.165, 1.54) is 31.9 Å². The van der Waals surface area contributed by atoms with Gasteiger partial charge in [-0.15, -0.1) is 0 Å². The summed E-state index contributed by atoms with van der Waals surface area (Å²) in [5.74, 6) is 0. The van der Waals surface area contributed by atoms with Crippen LogP contribution in [0.15, 0.2) is 48.5 Å². The van der Waals surface area contributed by atoms with Gasteiger partial charge in [0, 0.05) is 0 Å². The van der Waals surface area contributed by atoms with Gasteiger partial charge in [0.2, 0.25) is 16.6 Å². The van der Waals surface area contributed by atoms with E-state index in [2.05, 4.69) is 74.7 Å². The molecule has 3 aromatic rings. The van der Waals surface area contributed by atoms with Gasteiger partial charge in [-0.3, -0.25) is 0 Å². The maximum atomic E-state index is 6.55. The molecule has 0 aliphatic carbocycles.